The maximum atomic E-state index is 5.52. The number of aromatic nitrogens is 4. The molecule has 4 aromatic rings. The minimum atomic E-state index is 0.179. The summed E-state index contributed by atoms with van der Waals surface area (Å²) in [5.41, 5.74) is 2.32. The van der Waals surface area contributed by atoms with Crippen LogP contribution in [0.1, 0.15) is 5.76 Å². The quantitative estimate of drug-likeness (QED) is 0.528. The molecule has 0 amide bonds. The lowest BCUT2D eigenvalue weighted by molar-refractivity contribution is 0.171. The van der Waals surface area contributed by atoms with Gasteiger partial charge in [-0.3, -0.25) is 4.98 Å². The van der Waals surface area contributed by atoms with E-state index < -0.39 is 0 Å². The van der Waals surface area contributed by atoms with Crippen LogP contribution in [0.3, 0.4) is 0 Å². The second kappa shape index (κ2) is 6.73. The Morgan fingerprint density at radius 3 is 2.89 bits per heavy atom. The fraction of sp³-hybridized carbons (Fsp3) is 0.150. The molecule has 5 rings (SSSR count). The van der Waals surface area contributed by atoms with Crippen molar-refractivity contribution < 1.29 is 18.7 Å². The molecular formula is C20H16N4O4. The summed E-state index contributed by atoms with van der Waals surface area (Å²) in [7, 11) is 1.60. The molecule has 0 spiro atoms. The fourth-order valence-electron chi connectivity index (χ4n) is 3.15. The van der Waals surface area contributed by atoms with Gasteiger partial charge in [-0.15, -0.1) is 0 Å². The van der Waals surface area contributed by atoms with Gasteiger partial charge in [0, 0.05) is 30.2 Å². The van der Waals surface area contributed by atoms with Crippen LogP contribution < -0.4 is 14.2 Å². The normalized spacial score (nSPS) is 12.3. The summed E-state index contributed by atoms with van der Waals surface area (Å²) in [4.78, 5) is 8.78. The topological polar surface area (TPSA) is 84.4 Å². The molecule has 1 aliphatic heterocycles. The lowest BCUT2D eigenvalue weighted by Gasteiger charge is -2.09. The van der Waals surface area contributed by atoms with Crippen molar-refractivity contribution in [2.45, 2.75) is 6.54 Å². The number of hydrogen-bond donors (Lipinski definition) is 0. The third kappa shape index (κ3) is 2.84. The Morgan fingerprint density at radius 2 is 2.04 bits per heavy atom. The molecule has 8 heteroatoms. The first-order valence-electron chi connectivity index (χ1n) is 8.68. The van der Waals surface area contributed by atoms with Gasteiger partial charge in [0.1, 0.15) is 11.5 Å². The largest absolute Gasteiger partial charge is 0.493 e. The number of rotatable bonds is 5. The summed E-state index contributed by atoms with van der Waals surface area (Å²) in [6.45, 7) is 0.657. The van der Waals surface area contributed by atoms with E-state index in [2.05, 4.69) is 15.1 Å². The van der Waals surface area contributed by atoms with E-state index in [0.717, 1.165) is 17.1 Å². The van der Waals surface area contributed by atoms with Crippen LogP contribution in [-0.4, -0.2) is 33.6 Å². The van der Waals surface area contributed by atoms with E-state index in [1.165, 1.54) is 0 Å². The molecule has 1 aliphatic rings. The van der Waals surface area contributed by atoms with Crippen LogP contribution >= 0.6 is 0 Å². The van der Waals surface area contributed by atoms with Crippen LogP contribution in [0, 0.1) is 0 Å². The summed E-state index contributed by atoms with van der Waals surface area (Å²) in [5, 5.41) is 4.12. The first-order valence-corrected chi connectivity index (χ1v) is 8.68. The van der Waals surface area contributed by atoms with Crippen LogP contribution in [0.2, 0.25) is 0 Å². The average molecular weight is 376 g/mol. The molecule has 0 atom stereocenters. The minimum Gasteiger partial charge on any atom is -0.493 e. The summed E-state index contributed by atoms with van der Waals surface area (Å²) in [6.07, 6.45) is 5.35. The highest BCUT2D eigenvalue weighted by Crippen LogP contribution is 2.44. The zero-order valence-electron chi connectivity index (χ0n) is 15.0. The van der Waals surface area contributed by atoms with Crippen molar-refractivity contribution in [1.82, 2.24) is 19.7 Å². The van der Waals surface area contributed by atoms with Gasteiger partial charge >= 0.3 is 0 Å². The Morgan fingerprint density at radius 1 is 1.07 bits per heavy atom. The molecule has 0 fully saturated rings. The van der Waals surface area contributed by atoms with Crippen molar-refractivity contribution in [1.29, 1.82) is 0 Å². The second-order valence-corrected chi connectivity index (χ2v) is 6.18. The Labute approximate surface area is 160 Å². The molecule has 1 aromatic carbocycles. The van der Waals surface area contributed by atoms with E-state index in [1.54, 1.807) is 19.5 Å². The van der Waals surface area contributed by atoms with Gasteiger partial charge in [0.15, 0.2) is 17.3 Å². The van der Waals surface area contributed by atoms with Crippen molar-refractivity contribution in [2.75, 3.05) is 13.9 Å². The molecule has 0 saturated carbocycles. The first kappa shape index (κ1) is 16.4. The van der Waals surface area contributed by atoms with Crippen molar-refractivity contribution in [2.24, 2.45) is 0 Å². The van der Waals surface area contributed by atoms with Crippen molar-refractivity contribution in [3.8, 4) is 40.0 Å². The highest BCUT2D eigenvalue weighted by Gasteiger charge is 2.22. The van der Waals surface area contributed by atoms with E-state index in [9.17, 15) is 0 Å². The first-order chi connectivity index (χ1) is 13.8. The number of imidazole rings is 1. The third-order valence-electron chi connectivity index (χ3n) is 4.44. The molecule has 0 aliphatic carbocycles. The third-order valence-corrected chi connectivity index (χ3v) is 4.44. The minimum absolute atomic E-state index is 0.179. The molecule has 0 saturated heterocycles. The second-order valence-electron chi connectivity index (χ2n) is 6.18. The van der Waals surface area contributed by atoms with Crippen LogP contribution in [0.15, 0.2) is 59.5 Å². The standard InChI is InChI=1S/C20H16N4O4/c1-25-17-8-13(9-18-19(17)27-12-26-18)20-22-6-7-24(20)11-14-10-16(23-28-14)15-4-2-3-5-21-15/h2-10H,11-12H2,1H3. The lowest BCUT2D eigenvalue weighted by Crippen LogP contribution is -2.00. The number of methoxy groups -OCH3 is 1. The molecule has 0 bridgehead atoms. The van der Waals surface area contributed by atoms with Crippen LogP contribution in [0.4, 0.5) is 0 Å². The highest BCUT2D eigenvalue weighted by molar-refractivity contribution is 5.67. The molecular weight excluding hydrogens is 360 g/mol. The number of pyridine rings is 1. The zero-order chi connectivity index (χ0) is 18.9. The fourth-order valence-corrected chi connectivity index (χ4v) is 3.15. The number of hydrogen-bond acceptors (Lipinski definition) is 7. The summed E-state index contributed by atoms with van der Waals surface area (Å²) >= 11 is 0. The van der Waals surface area contributed by atoms with Crippen molar-refractivity contribution >= 4 is 0 Å². The maximum absolute atomic E-state index is 5.52. The predicted octanol–water partition coefficient (Wildman–Crippen LogP) is 3.39. The molecule has 140 valence electrons. The zero-order valence-corrected chi connectivity index (χ0v) is 15.0. The van der Waals surface area contributed by atoms with E-state index in [1.807, 2.05) is 47.2 Å². The van der Waals surface area contributed by atoms with Gasteiger partial charge in [-0.2, -0.15) is 0 Å². The molecule has 4 heterocycles. The van der Waals surface area contributed by atoms with Gasteiger partial charge in [-0.25, -0.2) is 4.98 Å². The van der Waals surface area contributed by atoms with E-state index in [0.29, 0.717) is 35.2 Å². The van der Waals surface area contributed by atoms with Crippen LogP contribution in [0.5, 0.6) is 17.2 Å². The van der Waals surface area contributed by atoms with E-state index in [-0.39, 0.29) is 6.79 Å². The smallest absolute Gasteiger partial charge is 0.231 e. The number of fused-ring (bicyclic) bond motifs is 1. The molecule has 0 radical (unpaired) electrons. The van der Waals surface area contributed by atoms with Gasteiger partial charge in [0.2, 0.25) is 12.5 Å². The molecule has 0 N–H and O–H groups in total. The number of ether oxygens (including phenoxy) is 3. The Kier molecular flexibility index (Phi) is 3.93. The lowest BCUT2D eigenvalue weighted by atomic mass is 10.1. The Balaban J connectivity index is 1.46. The Hall–Kier alpha value is -3.81. The molecule has 0 unspecified atom stereocenters. The number of nitrogens with zero attached hydrogens (tertiary/aromatic N) is 4. The molecule has 28 heavy (non-hydrogen) atoms. The van der Waals surface area contributed by atoms with Crippen molar-refractivity contribution in [3.05, 3.63) is 60.7 Å². The van der Waals surface area contributed by atoms with E-state index in [4.69, 9.17) is 18.7 Å². The SMILES string of the molecule is COc1cc(-c2nccn2Cc2cc(-c3ccccn3)no2)cc2c1OCO2. The Bertz CT molecular complexity index is 1120. The monoisotopic (exact) mass is 376 g/mol. The molecule has 8 nitrogen and oxygen atoms in total. The van der Waals surface area contributed by atoms with Crippen molar-refractivity contribution in [3.63, 3.8) is 0 Å². The van der Waals surface area contributed by atoms with Gasteiger partial charge < -0.3 is 23.3 Å². The average Bonchev–Trinajstić information content (AvgIpc) is 3.49. The summed E-state index contributed by atoms with van der Waals surface area (Å²) in [6, 6.07) is 11.3. The highest BCUT2D eigenvalue weighted by atomic mass is 16.7. The summed E-state index contributed by atoms with van der Waals surface area (Å²) in [5.74, 6) is 3.32. The van der Waals surface area contributed by atoms with Gasteiger partial charge in [0.05, 0.1) is 19.3 Å². The van der Waals surface area contributed by atoms with Gasteiger partial charge in [-0.05, 0) is 24.3 Å². The predicted molar refractivity (Wildman–Crippen MR) is 99.2 cm³/mol. The molecule has 3 aromatic heterocycles. The van der Waals surface area contributed by atoms with Crippen LogP contribution in [0.25, 0.3) is 22.8 Å². The van der Waals surface area contributed by atoms with E-state index >= 15 is 0 Å². The van der Waals surface area contributed by atoms with Crippen LogP contribution in [-0.2, 0) is 6.54 Å². The number of benzene rings is 1. The maximum Gasteiger partial charge on any atom is 0.231 e. The summed E-state index contributed by atoms with van der Waals surface area (Å²) < 4.78 is 23.9. The van der Waals surface area contributed by atoms with Gasteiger partial charge in [0.25, 0.3) is 0 Å². The van der Waals surface area contributed by atoms with Gasteiger partial charge in [-0.1, -0.05) is 11.2 Å².